The van der Waals surface area contributed by atoms with E-state index < -0.39 is 5.63 Å². The third kappa shape index (κ3) is 2.16. The average molecular weight is 270 g/mol. The summed E-state index contributed by atoms with van der Waals surface area (Å²) < 4.78 is 18.0. The predicted molar refractivity (Wildman–Crippen MR) is 73.4 cm³/mol. The van der Waals surface area contributed by atoms with Gasteiger partial charge in [0.2, 0.25) is 0 Å². The fourth-order valence-electron chi connectivity index (χ4n) is 2.13. The molecule has 0 amide bonds. The lowest BCUT2D eigenvalue weighted by Gasteiger charge is -2.06. The maximum absolute atomic E-state index is 12.9. The van der Waals surface area contributed by atoms with Gasteiger partial charge in [0.05, 0.1) is 10.9 Å². The first kappa shape index (κ1) is 12.4. The molecule has 0 aliphatic heterocycles. The monoisotopic (exact) mass is 270 g/mol. The minimum Gasteiger partial charge on any atom is -0.507 e. The van der Waals surface area contributed by atoms with Crippen molar-refractivity contribution < 1.29 is 13.9 Å². The molecule has 2 aromatic carbocycles. The number of para-hydroxylation sites is 1. The Kier molecular flexibility index (Phi) is 2.99. The highest BCUT2D eigenvalue weighted by molar-refractivity contribution is 5.84. The molecule has 1 N–H and O–H groups in total. The lowest BCUT2D eigenvalue weighted by Crippen LogP contribution is -2.08. The summed E-state index contributed by atoms with van der Waals surface area (Å²) >= 11 is 0. The van der Waals surface area contributed by atoms with E-state index in [4.69, 9.17) is 4.42 Å². The zero-order chi connectivity index (χ0) is 14.1. The van der Waals surface area contributed by atoms with Crippen LogP contribution >= 0.6 is 0 Å². The van der Waals surface area contributed by atoms with Gasteiger partial charge in [0.25, 0.3) is 0 Å². The molecule has 0 aliphatic rings. The van der Waals surface area contributed by atoms with Crippen LogP contribution in [0.15, 0.2) is 57.7 Å². The molecular weight excluding hydrogens is 259 g/mol. The Morgan fingerprint density at radius 3 is 2.50 bits per heavy atom. The van der Waals surface area contributed by atoms with Gasteiger partial charge in [-0.05, 0) is 29.8 Å². The van der Waals surface area contributed by atoms with Crippen LogP contribution in [0.2, 0.25) is 0 Å². The number of halogens is 1. The summed E-state index contributed by atoms with van der Waals surface area (Å²) in [5.74, 6) is -0.426. The van der Waals surface area contributed by atoms with E-state index in [0.29, 0.717) is 11.0 Å². The van der Waals surface area contributed by atoms with Gasteiger partial charge < -0.3 is 9.52 Å². The van der Waals surface area contributed by atoms with E-state index in [1.807, 2.05) is 0 Å². The van der Waals surface area contributed by atoms with Crippen LogP contribution in [-0.4, -0.2) is 5.11 Å². The second-order valence-electron chi connectivity index (χ2n) is 4.52. The molecule has 0 saturated heterocycles. The molecule has 1 aromatic heterocycles. The largest absolute Gasteiger partial charge is 0.507 e. The van der Waals surface area contributed by atoms with Gasteiger partial charge in [-0.15, -0.1) is 0 Å². The summed E-state index contributed by atoms with van der Waals surface area (Å²) in [5, 5.41) is 10.7. The third-order valence-corrected chi connectivity index (χ3v) is 3.17. The Labute approximate surface area is 113 Å². The minimum absolute atomic E-state index is 0.0822. The van der Waals surface area contributed by atoms with E-state index in [9.17, 15) is 14.3 Å². The second kappa shape index (κ2) is 4.81. The first-order chi connectivity index (χ1) is 9.65. The summed E-state index contributed by atoms with van der Waals surface area (Å²) in [6.07, 6.45) is 0.194. The molecule has 0 unspecified atom stereocenters. The van der Waals surface area contributed by atoms with Gasteiger partial charge in [-0.1, -0.05) is 24.3 Å². The molecule has 100 valence electrons. The van der Waals surface area contributed by atoms with Gasteiger partial charge in [0, 0.05) is 6.42 Å². The van der Waals surface area contributed by atoms with Crippen molar-refractivity contribution in [2.75, 3.05) is 0 Å². The van der Waals surface area contributed by atoms with Crippen molar-refractivity contribution in [3.8, 4) is 5.75 Å². The molecule has 20 heavy (non-hydrogen) atoms. The Morgan fingerprint density at radius 1 is 1.05 bits per heavy atom. The van der Waals surface area contributed by atoms with Crippen molar-refractivity contribution in [2.24, 2.45) is 0 Å². The van der Waals surface area contributed by atoms with Gasteiger partial charge >= 0.3 is 5.63 Å². The summed E-state index contributed by atoms with van der Waals surface area (Å²) in [7, 11) is 0. The molecule has 0 atom stereocenters. The Hall–Kier alpha value is -2.62. The zero-order valence-electron chi connectivity index (χ0n) is 10.5. The van der Waals surface area contributed by atoms with Crippen LogP contribution in [0.25, 0.3) is 11.0 Å². The molecule has 1 heterocycles. The number of hydrogen-bond acceptors (Lipinski definition) is 3. The van der Waals surface area contributed by atoms with Crippen LogP contribution in [0, 0.1) is 5.82 Å². The summed E-state index contributed by atoms with van der Waals surface area (Å²) in [6, 6.07) is 12.6. The normalized spacial score (nSPS) is 10.8. The predicted octanol–water partition coefficient (Wildman–Crippen LogP) is 3.23. The molecule has 0 saturated carbocycles. The van der Waals surface area contributed by atoms with E-state index in [1.165, 1.54) is 12.1 Å². The molecule has 3 aromatic rings. The SMILES string of the molecule is O=c1oc2ccccc2c(O)c1Cc1ccc(F)cc1. The number of benzene rings is 2. The third-order valence-electron chi connectivity index (χ3n) is 3.17. The van der Waals surface area contributed by atoms with E-state index in [0.717, 1.165) is 5.56 Å². The van der Waals surface area contributed by atoms with Crippen LogP contribution < -0.4 is 5.63 Å². The smallest absolute Gasteiger partial charge is 0.343 e. The fourth-order valence-corrected chi connectivity index (χ4v) is 2.13. The standard InChI is InChI=1S/C16H11FO3/c17-11-7-5-10(6-8-11)9-13-15(18)12-3-1-2-4-14(12)20-16(13)19/h1-8,18H,9H2. The number of rotatable bonds is 2. The Morgan fingerprint density at radius 2 is 1.75 bits per heavy atom. The molecule has 0 aliphatic carbocycles. The number of hydrogen-bond donors (Lipinski definition) is 1. The Bertz CT molecular complexity index is 819. The van der Waals surface area contributed by atoms with Gasteiger partial charge in [-0.3, -0.25) is 0 Å². The first-order valence-corrected chi connectivity index (χ1v) is 6.13. The maximum atomic E-state index is 12.9. The van der Waals surface area contributed by atoms with Crippen LogP contribution in [0.1, 0.15) is 11.1 Å². The Balaban J connectivity index is 2.11. The van der Waals surface area contributed by atoms with Crippen LogP contribution in [0.3, 0.4) is 0 Å². The van der Waals surface area contributed by atoms with Crippen molar-refractivity contribution in [1.29, 1.82) is 0 Å². The number of aromatic hydroxyl groups is 1. The second-order valence-corrected chi connectivity index (χ2v) is 4.52. The van der Waals surface area contributed by atoms with E-state index in [1.54, 1.807) is 36.4 Å². The molecule has 0 radical (unpaired) electrons. The van der Waals surface area contributed by atoms with Gasteiger partial charge in [-0.2, -0.15) is 0 Å². The van der Waals surface area contributed by atoms with Gasteiger partial charge in [0.15, 0.2) is 0 Å². The van der Waals surface area contributed by atoms with Crippen molar-refractivity contribution >= 4 is 11.0 Å². The molecule has 4 heteroatoms. The van der Waals surface area contributed by atoms with E-state index in [-0.39, 0.29) is 23.6 Å². The highest BCUT2D eigenvalue weighted by Gasteiger charge is 2.14. The van der Waals surface area contributed by atoms with Crippen LogP contribution in [0.5, 0.6) is 5.75 Å². The topological polar surface area (TPSA) is 50.4 Å². The minimum atomic E-state index is -0.578. The van der Waals surface area contributed by atoms with E-state index >= 15 is 0 Å². The molecular formula is C16H11FO3. The fraction of sp³-hybridized carbons (Fsp3) is 0.0625. The summed E-state index contributed by atoms with van der Waals surface area (Å²) in [6.45, 7) is 0. The summed E-state index contributed by atoms with van der Waals surface area (Å²) in [4.78, 5) is 11.9. The lowest BCUT2D eigenvalue weighted by atomic mass is 10.0. The van der Waals surface area contributed by atoms with Gasteiger partial charge in [0.1, 0.15) is 17.1 Å². The van der Waals surface area contributed by atoms with Gasteiger partial charge in [-0.25, -0.2) is 9.18 Å². The van der Waals surface area contributed by atoms with Crippen LogP contribution in [0.4, 0.5) is 4.39 Å². The molecule has 3 rings (SSSR count). The van der Waals surface area contributed by atoms with Crippen molar-refractivity contribution in [2.45, 2.75) is 6.42 Å². The molecule has 0 bridgehead atoms. The quantitative estimate of drug-likeness (QED) is 0.727. The zero-order valence-corrected chi connectivity index (χ0v) is 10.5. The van der Waals surface area contributed by atoms with Crippen molar-refractivity contribution in [3.05, 3.63) is 75.9 Å². The van der Waals surface area contributed by atoms with E-state index in [2.05, 4.69) is 0 Å². The van der Waals surface area contributed by atoms with Crippen molar-refractivity contribution in [1.82, 2.24) is 0 Å². The lowest BCUT2D eigenvalue weighted by molar-refractivity contribution is 0.458. The highest BCUT2D eigenvalue weighted by Crippen LogP contribution is 2.27. The molecule has 3 nitrogen and oxygen atoms in total. The summed E-state index contributed by atoms with van der Waals surface area (Å²) in [5.41, 5.74) is 0.669. The number of fused-ring (bicyclic) bond motifs is 1. The highest BCUT2D eigenvalue weighted by atomic mass is 19.1. The maximum Gasteiger partial charge on any atom is 0.343 e. The molecule has 0 fully saturated rings. The average Bonchev–Trinajstić information content (AvgIpc) is 2.45. The molecule has 0 spiro atoms. The van der Waals surface area contributed by atoms with Crippen LogP contribution in [-0.2, 0) is 6.42 Å². The van der Waals surface area contributed by atoms with Crippen molar-refractivity contribution in [3.63, 3.8) is 0 Å². The first-order valence-electron chi connectivity index (χ1n) is 6.13.